The minimum absolute atomic E-state index is 0.0303. The smallest absolute Gasteiger partial charge is 0.435 e. The minimum atomic E-state index is -1.22. The Morgan fingerprint density at radius 1 is 1.28 bits per heavy atom. The standard InChI is InChI=1S/C11H22O6Si/c1-14-9-17-10(7-12)8-16-11(13)15-5-6-18(2,3)4/h7,10H,5-6,8-9H2,1-4H3. The van der Waals surface area contributed by atoms with Gasteiger partial charge in [0.1, 0.15) is 19.5 Å². The van der Waals surface area contributed by atoms with E-state index in [2.05, 4.69) is 24.4 Å². The number of hydrogen-bond donors (Lipinski definition) is 0. The summed E-state index contributed by atoms with van der Waals surface area (Å²) in [6, 6.07) is 0.874. The van der Waals surface area contributed by atoms with Crippen LogP contribution in [0.2, 0.25) is 25.7 Å². The molecule has 0 fully saturated rings. The minimum Gasteiger partial charge on any atom is -0.435 e. The Kier molecular flexibility index (Phi) is 8.60. The van der Waals surface area contributed by atoms with Crippen molar-refractivity contribution in [2.75, 3.05) is 27.1 Å². The lowest BCUT2D eigenvalue weighted by molar-refractivity contribution is -0.132. The molecule has 0 radical (unpaired) electrons. The topological polar surface area (TPSA) is 71.1 Å². The average molecular weight is 278 g/mol. The van der Waals surface area contributed by atoms with Crippen LogP contribution in [-0.4, -0.2) is 53.7 Å². The molecule has 0 aromatic carbocycles. The number of ether oxygens (including phenoxy) is 4. The first-order valence-corrected chi connectivity index (χ1v) is 9.45. The van der Waals surface area contributed by atoms with Crippen LogP contribution in [0.15, 0.2) is 0 Å². The number of rotatable bonds is 9. The molecule has 18 heavy (non-hydrogen) atoms. The van der Waals surface area contributed by atoms with Crippen molar-refractivity contribution >= 4 is 20.5 Å². The van der Waals surface area contributed by atoms with Gasteiger partial charge in [-0.15, -0.1) is 0 Å². The molecular weight excluding hydrogens is 256 g/mol. The zero-order valence-corrected chi connectivity index (χ0v) is 12.4. The number of hydrogen-bond acceptors (Lipinski definition) is 6. The summed E-state index contributed by atoms with van der Waals surface area (Å²) in [6.07, 6.45) is -1.05. The van der Waals surface area contributed by atoms with Crippen LogP contribution in [0.5, 0.6) is 0 Å². The third-order valence-corrected chi connectivity index (χ3v) is 3.69. The molecule has 106 valence electrons. The van der Waals surface area contributed by atoms with E-state index >= 15 is 0 Å². The van der Waals surface area contributed by atoms with Crippen LogP contribution >= 0.6 is 0 Å². The van der Waals surface area contributed by atoms with Crippen LogP contribution in [0.1, 0.15) is 0 Å². The van der Waals surface area contributed by atoms with E-state index in [1.807, 2.05) is 0 Å². The lowest BCUT2D eigenvalue weighted by Crippen LogP contribution is -2.26. The van der Waals surface area contributed by atoms with Gasteiger partial charge in [0.25, 0.3) is 0 Å². The third-order valence-electron chi connectivity index (χ3n) is 1.99. The first kappa shape index (κ1) is 17.1. The highest BCUT2D eigenvalue weighted by Crippen LogP contribution is 2.07. The average Bonchev–Trinajstić information content (AvgIpc) is 2.27. The van der Waals surface area contributed by atoms with E-state index in [-0.39, 0.29) is 13.4 Å². The first-order valence-electron chi connectivity index (χ1n) is 5.74. The number of carbonyl (C=O) groups excluding carboxylic acids is 2. The molecular formula is C11H22O6Si. The second kappa shape index (κ2) is 9.07. The Morgan fingerprint density at radius 3 is 2.44 bits per heavy atom. The Morgan fingerprint density at radius 2 is 1.94 bits per heavy atom. The van der Waals surface area contributed by atoms with Gasteiger partial charge < -0.3 is 23.7 Å². The molecule has 0 heterocycles. The molecule has 7 heteroatoms. The van der Waals surface area contributed by atoms with E-state index in [1.165, 1.54) is 7.11 Å². The van der Waals surface area contributed by atoms with Crippen LogP contribution in [0, 0.1) is 0 Å². The molecule has 0 N–H and O–H groups in total. The first-order chi connectivity index (χ1) is 8.39. The molecule has 0 bridgehead atoms. The quantitative estimate of drug-likeness (QED) is 0.276. The third kappa shape index (κ3) is 10.2. The van der Waals surface area contributed by atoms with Crippen LogP contribution in [0.3, 0.4) is 0 Å². The molecule has 1 unspecified atom stereocenters. The van der Waals surface area contributed by atoms with Gasteiger partial charge in [-0.1, -0.05) is 19.6 Å². The maximum Gasteiger partial charge on any atom is 0.508 e. The fraction of sp³-hybridized carbons (Fsp3) is 0.818. The van der Waals surface area contributed by atoms with Gasteiger partial charge in [-0.2, -0.15) is 0 Å². The maximum absolute atomic E-state index is 11.2. The van der Waals surface area contributed by atoms with Crippen LogP contribution in [0.25, 0.3) is 0 Å². The van der Waals surface area contributed by atoms with Gasteiger partial charge in [-0.05, 0) is 6.04 Å². The van der Waals surface area contributed by atoms with E-state index in [9.17, 15) is 9.59 Å². The van der Waals surface area contributed by atoms with E-state index in [0.29, 0.717) is 12.9 Å². The summed E-state index contributed by atoms with van der Waals surface area (Å²) in [5.74, 6) is 0. The molecule has 0 rings (SSSR count). The van der Waals surface area contributed by atoms with E-state index in [1.54, 1.807) is 0 Å². The van der Waals surface area contributed by atoms with E-state index in [0.717, 1.165) is 6.04 Å². The highest BCUT2D eigenvalue weighted by Gasteiger charge is 2.15. The molecule has 0 aromatic heterocycles. The predicted octanol–water partition coefficient (Wildman–Crippen LogP) is 1.67. The normalized spacial score (nSPS) is 12.9. The van der Waals surface area contributed by atoms with Crippen molar-refractivity contribution in [2.24, 2.45) is 0 Å². The summed E-state index contributed by atoms with van der Waals surface area (Å²) >= 11 is 0. The molecule has 0 saturated heterocycles. The summed E-state index contributed by atoms with van der Waals surface area (Å²) in [4.78, 5) is 21.8. The van der Waals surface area contributed by atoms with Gasteiger partial charge in [0.2, 0.25) is 0 Å². The van der Waals surface area contributed by atoms with Crippen molar-refractivity contribution in [3.05, 3.63) is 0 Å². The van der Waals surface area contributed by atoms with Gasteiger partial charge in [0.05, 0.1) is 6.61 Å². The fourth-order valence-corrected chi connectivity index (χ4v) is 1.63. The lowest BCUT2D eigenvalue weighted by Gasteiger charge is -2.15. The molecule has 0 amide bonds. The number of methoxy groups -OCH3 is 1. The van der Waals surface area contributed by atoms with Crippen molar-refractivity contribution in [1.82, 2.24) is 0 Å². The van der Waals surface area contributed by atoms with Crippen molar-refractivity contribution in [2.45, 2.75) is 31.8 Å². The molecule has 0 aliphatic heterocycles. The Hall–Kier alpha value is -0.923. The zero-order valence-electron chi connectivity index (χ0n) is 11.4. The summed E-state index contributed by atoms with van der Waals surface area (Å²) in [7, 11) is 0.214. The van der Waals surface area contributed by atoms with Gasteiger partial charge in [0.15, 0.2) is 6.29 Å². The Bertz CT molecular complexity index is 250. The molecule has 0 aromatic rings. The van der Waals surface area contributed by atoms with Gasteiger partial charge in [-0.3, -0.25) is 0 Å². The highest BCUT2D eigenvalue weighted by atomic mass is 28.3. The van der Waals surface area contributed by atoms with Gasteiger partial charge in [0, 0.05) is 15.2 Å². The number of aldehydes is 1. The summed E-state index contributed by atoms with van der Waals surface area (Å²) in [5.41, 5.74) is 0. The second-order valence-electron chi connectivity index (χ2n) is 4.97. The summed E-state index contributed by atoms with van der Waals surface area (Å²) < 4.78 is 19.2. The van der Waals surface area contributed by atoms with Crippen molar-refractivity contribution < 1.29 is 28.5 Å². The predicted molar refractivity (Wildman–Crippen MR) is 68.3 cm³/mol. The number of carbonyl (C=O) groups is 2. The molecule has 0 saturated carbocycles. The largest absolute Gasteiger partial charge is 0.508 e. The Labute approximate surface area is 109 Å². The van der Waals surface area contributed by atoms with Crippen molar-refractivity contribution in [1.29, 1.82) is 0 Å². The molecule has 0 spiro atoms. The summed E-state index contributed by atoms with van der Waals surface area (Å²) in [6.45, 7) is 6.70. The van der Waals surface area contributed by atoms with Gasteiger partial charge in [-0.25, -0.2) is 4.79 Å². The fourth-order valence-electron chi connectivity index (χ4n) is 0.915. The SMILES string of the molecule is COCOC(C=O)COC(=O)OCC[Si](C)(C)C. The molecule has 0 aliphatic rings. The molecule has 6 nitrogen and oxygen atoms in total. The maximum atomic E-state index is 11.2. The van der Waals surface area contributed by atoms with Crippen molar-refractivity contribution in [3.63, 3.8) is 0 Å². The zero-order chi connectivity index (χ0) is 14.0. The van der Waals surface area contributed by atoms with Crippen LogP contribution < -0.4 is 0 Å². The van der Waals surface area contributed by atoms with Crippen molar-refractivity contribution in [3.8, 4) is 0 Å². The van der Waals surface area contributed by atoms with Crippen LogP contribution in [0.4, 0.5) is 4.79 Å². The van der Waals surface area contributed by atoms with Gasteiger partial charge >= 0.3 is 6.16 Å². The Balaban J connectivity index is 3.71. The van der Waals surface area contributed by atoms with E-state index < -0.39 is 20.3 Å². The monoisotopic (exact) mass is 278 g/mol. The molecule has 0 aliphatic carbocycles. The summed E-state index contributed by atoms with van der Waals surface area (Å²) in [5, 5.41) is 0. The highest BCUT2D eigenvalue weighted by molar-refractivity contribution is 6.76. The second-order valence-corrected chi connectivity index (χ2v) is 10.6. The lowest BCUT2D eigenvalue weighted by atomic mass is 10.4. The van der Waals surface area contributed by atoms with E-state index in [4.69, 9.17) is 14.2 Å². The van der Waals surface area contributed by atoms with Crippen LogP contribution in [-0.2, 0) is 23.7 Å². The molecule has 1 atom stereocenters.